The number of piperidine rings is 1. The van der Waals surface area contributed by atoms with E-state index >= 15 is 0 Å². The third-order valence-electron chi connectivity index (χ3n) is 5.03. The molecule has 1 saturated heterocycles. The molecule has 3 aromatic rings. The van der Waals surface area contributed by atoms with Crippen LogP contribution in [0.3, 0.4) is 0 Å². The Morgan fingerprint density at radius 2 is 2.03 bits per heavy atom. The molecule has 172 valence electrons. The van der Waals surface area contributed by atoms with Crippen LogP contribution in [0.25, 0.3) is 22.6 Å². The van der Waals surface area contributed by atoms with Crippen LogP contribution < -0.4 is 0 Å². The average Bonchev–Trinajstić information content (AvgIpc) is 3.39. The average molecular weight is 444 g/mol. The van der Waals surface area contributed by atoms with Crippen molar-refractivity contribution < 1.29 is 27.9 Å². The molecule has 0 unspecified atom stereocenters. The van der Waals surface area contributed by atoms with Crippen molar-refractivity contribution in [1.82, 2.24) is 20.0 Å². The first-order valence-corrected chi connectivity index (χ1v) is 10.6. The zero-order valence-corrected chi connectivity index (χ0v) is 18.8. The molecule has 1 fully saturated rings. The Balaban J connectivity index is 1.31. The van der Waals surface area contributed by atoms with Crippen LogP contribution in [0.15, 0.2) is 27.3 Å². The van der Waals surface area contributed by atoms with Gasteiger partial charge in [-0.3, -0.25) is 4.98 Å². The van der Waals surface area contributed by atoms with Crippen LogP contribution in [0.5, 0.6) is 0 Å². The number of carbonyl (C=O) groups excluding carboxylic acids is 1. The van der Waals surface area contributed by atoms with Crippen molar-refractivity contribution in [2.24, 2.45) is 0 Å². The summed E-state index contributed by atoms with van der Waals surface area (Å²) in [6, 6.07) is 3.60. The second-order valence-electron chi connectivity index (χ2n) is 8.71. The number of amides is 1. The van der Waals surface area contributed by atoms with Gasteiger partial charge in [0.25, 0.3) is 5.89 Å². The van der Waals surface area contributed by atoms with Crippen molar-refractivity contribution in [2.75, 3.05) is 20.2 Å². The molecule has 0 bridgehead atoms. The smallest absolute Gasteiger partial charge is 0.410 e. The molecule has 1 amide bonds. The number of furan rings is 1. The summed E-state index contributed by atoms with van der Waals surface area (Å²) in [6.45, 7) is 7.37. The lowest BCUT2D eigenvalue weighted by Crippen LogP contribution is -2.43. The number of hydrogen-bond acceptors (Lipinski definition) is 9. The number of methoxy groups -OCH3 is 1. The summed E-state index contributed by atoms with van der Waals surface area (Å²) in [4.78, 5) is 22.6. The second kappa shape index (κ2) is 9.25. The first-order valence-electron chi connectivity index (χ1n) is 10.6. The number of ether oxygens (including phenoxy) is 3. The zero-order valence-electron chi connectivity index (χ0n) is 18.8. The van der Waals surface area contributed by atoms with Crippen LogP contribution >= 0.6 is 0 Å². The fourth-order valence-corrected chi connectivity index (χ4v) is 3.51. The number of pyridine rings is 1. The van der Waals surface area contributed by atoms with Crippen LogP contribution in [-0.2, 0) is 27.4 Å². The van der Waals surface area contributed by atoms with Gasteiger partial charge in [0.1, 0.15) is 17.8 Å². The molecule has 4 heterocycles. The Hall–Kier alpha value is -2.98. The quantitative estimate of drug-likeness (QED) is 0.558. The molecule has 0 radical (unpaired) electrons. The highest BCUT2D eigenvalue weighted by molar-refractivity contribution is 5.83. The summed E-state index contributed by atoms with van der Waals surface area (Å²) < 4.78 is 27.7. The Labute approximate surface area is 185 Å². The summed E-state index contributed by atoms with van der Waals surface area (Å²) in [5.74, 6) is 1.18. The third kappa shape index (κ3) is 5.25. The first-order chi connectivity index (χ1) is 15.3. The van der Waals surface area contributed by atoms with E-state index in [1.807, 2.05) is 26.8 Å². The topological polar surface area (TPSA) is 113 Å². The van der Waals surface area contributed by atoms with E-state index in [9.17, 15) is 4.79 Å². The van der Waals surface area contributed by atoms with Gasteiger partial charge >= 0.3 is 6.09 Å². The molecule has 0 saturated carbocycles. The van der Waals surface area contributed by atoms with Gasteiger partial charge in [-0.15, -0.1) is 0 Å². The second-order valence-corrected chi connectivity index (χ2v) is 8.71. The summed E-state index contributed by atoms with van der Waals surface area (Å²) in [7, 11) is 1.62. The molecular formula is C22H28N4O6. The van der Waals surface area contributed by atoms with E-state index in [4.69, 9.17) is 23.2 Å². The standard InChI is InChI=1S/C22H28N4O6/c1-22(2,3)31-21(27)26-9-6-14(7-10-26)29-13-19-24-20(32-25-19)18-11-15-16(12-28-4)23-8-5-17(15)30-18/h5,8,11,14H,6-7,9-10,12-13H2,1-4H3. The predicted molar refractivity (Wildman–Crippen MR) is 114 cm³/mol. The number of likely N-dealkylation sites (tertiary alicyclic amines) is 1. The zero-order chi connectivity index (χ0) is 22.7. The summed E-state index contributed by atoms with van der Waals surface area (Å²) in [5, 5.41) is 4.84. The molecule has 0 aromatic carbocycles. The lowest BCUT2D eigenvalue weighted by molar-refractivity contribution is -0.0190. The molecule has 4 rings (SSSR count). The molecule has 10 heteroatoms. The van der Waals surface area contributed by atoms with Gasteiger partial charge in [-0.1, -0.05) is 5.16 Å². The van der Waals surface area contributed by atoms with Gasteiger partial charge in [0.15, 0.2) is 11.6 Å². The lowest BCUT2D eigenvalue weighted by Gasteiger charge is -2.33. The Morgan fingerprint density at radius 1 is 1.25 bits per heavy atom. The van der Waals surface area contributed by atoms with Crippen LogP contribution in [-0.4, -0.2) is 58.0 Å². The van der Waals surface area contributed by atoms with Gasteiger partial charge in [0.05, 0.1) is 18.4 Å². The van der Waals surface area contributed by atoms with Crippen molar-refractivity contribution >= 4 is 17.1 Å². The number of aromatic nitrogens is 3. The van der Waals surface area contributed by atoms with Crippen molar-refractivity contribution in [3.05, 3.63) is 29.8 Å². The SMILES string of the molecule is COCc1nccc2oc(-c3nc(COC4CCN(C(=O)OC(C)(C)C)CC4)no3)cc12. The molecule has 10 nitrogen and oxygen atoms in total. The van der Waals surface area contributed by atoms with E-state index in [2.05, 4.69) is 15.1 Å². The van der Waals surface area contributed by atoms with Crippen LogP contribution in [0.2, 0.25) is 0 Å². The summed E-state index contributed by atoms with van der Waals surface area (Å²) in [6.07, 6.45) is 2.86. The van der Waals surface area contributed by atoms with Gasteiger partial charge in [-0.2, -0.15) is 4.98 Å². The molecule has 32 heavy (non-hydrogen) atoms. The maximum absolute atomic E-state index is 12.2. The molecule has 1 aliphatic heterocycles. The largest absolute Gasteiger partial charge is 0.451 e. The minimum absolute atomic E-state index is 0.0181. The monoisotopic (exact) mass is 444 g/mol. The predicted octanol–water partition coefficient (Wildman–Crippen LogP) is 3.94. The Kier molecular flexibility index (Phi) is 6.43. The number of rotatable bonds is 6. The Bertz CT molecular complexity index is 1060. The van der Waals surface area contributed by atoms with E-state index in [0.29, 0.717) is 36.9 Å². The van der Waals surface area contributed by atoms with Gasteiger partial charge in [0, 0.05) is 31.8 Å². The molecule has 0 spiro atoms. The normalized spacial score (nSPS) is 15.4. The maximum Gasteiger partial charge on any atom is 0.410 e. The number of carbonyl (C=O) groups is 1. The van der Waals surface area contributed by atoms with Crippen molar-refractivity contribution in [1.29, 1.82) is 0 Å². The fourth-order valence-electron chi connectivity index (χ4n) is 3.51. The summed E-state index contributed by atoms with van der Waals surface area (Å²) in [5.41, 5.74) is 0.957. The van der Waals surface area contributed by atoms with Crippen LogP contribution in [0.4, 0.5) is 4.79 Å². The van der Waals surface area contributed by atoms with Gasteiger partial charge in [-0.25, -0.2) is 4.79 Å². The van der Waals surface area contributed by atoms with Crippen molar-refractivity contribution in [3.63, 3.8) is 0 Å². The third-order valence-corrected chi connectivity index (χ3v) is 5.03. The number of hydrogen-bond donors (Lipinski definition) is 0. The van der Waals surface area contributed by atoms with E-state index in [-0.39, 0.29) is 24.7 Å². The van der Waals surface area contributed by atoms with Crippen molar-refractivity contribution in [2.45, 2.75) is 58.5 Å². The Morgan fingerprint density at radius 3 is 2.75 bits per heavy atom. The fraction of sp³-hybridized carbons (Fsp3) is 0.545. The molecule has 1 aliphatic rings. The summed E-state index contributed by atoms with van der Waals surface area (Å²) >= 11 is 0. The van der Waals surface area contributed by atoms with E-state index < -0.39 is 5.60 Å². The van der Waals surface area contributed by atoms with Gasteiger partial charge < -0.3 is 28.1 Å². The van der Waals surface area contributed by atoms with E-state index in [1.165, 1.54) is 0 Å². The number of fused-ring (bicyclic) bond motifs is 1. The van der Waals surface area contributed by atoms with E-state index in [0.717, 1.165) is 23.9 Å². The molecule has 0 aliphatic carbocycles. The van der Waals surface area contributed by atoms with Crippen molar-refractivity contribution in [3.8, 4) is 11.7 Å². The van der Waals surface area contributed by atoms with Crippen LogP contribution in [0, 0.1) is 0 Å². The molecule has 0 atom stereocenters. The highest BCUT2D eigenvalue weighted by atomic mass is 16.6. The minimum Gasteiger partial charge on any atom is -0.451 e. The maximum atomic E-state index is 12.2. The highest BCUT2D eigenvalue weighted by Gasteiger charge is 2.27. The molecule has 3 aromatic heterocycles. The van der Waals surface area contributed by atoms with Gasteiger partial charge in [0.2, 0.25) is 0 Å². The lowest BCUT2D eigenvalue weighted by atomic mass is 10.1. The first kappa shape index (κ1) is 22.2. The van der Waals surface area contributed by atoms with Crippen LogP contribution in [0.1, 0.15) is 45.1 Å². The highest BCUT2D eigenvalue weighted by Crippen LogP contribution is 2.28. The van der Waals surface area contributed by atoms with E-state index in [1.54, 1.807) is 24.3 Å². The molecule has 0 N–H and O–H groups in total. The minimum atomic E-state index is -0.498. The number of nitrogens with zero attached hydrogens (tertiary/aromatic N) is 4. The molecular weight excluding hydrogens is 416 g/mol. The van der Waals surface area contributed by atoms with Gasteiger partial charge in [-0.05, 0) is 45.7 Å².